The summed E-state index contributed by atoms with van der Waals surface area (Å²) in [6.07, 6.45) is 0.816. The molecule has 0 aliphatic carbocycles. The molecule has 1 aromatic rings. The van der Waals surface area contributed by atoms with Crippen LogP contribution in [0.25, 0.3) is 0 Å². The van der Waals surface area contributed by atoms with E-state index in [-0.39, 0.29) is 4.90 Å². The molecule has 0 spiro atoms. The summed E-state index contributed by atoms with van der Waals surface area (Å²) in [5.74, 6) is -0.891. The predicted octanol–water partition coefficient (Wildman–Crippen LogP) is -0.155. The number of sulfonamides is 2. The minimum absolute atomic E-state index is 0.375. The number of anilines is 1. The highest BCUT2D eigenvalue weighted by Gasteiger charge is 2.13. The topological polar surface area (TPSA) is 106 Å². The van der Waals surface area contributed by atoms with E-state index in [2.05, 4.69) is 0 Å². The molecule has 0 atom stereocenters. The van der Waals surface area contributed by atoms with Crippen molar-refractivity contribution in [1.82, 2.24) is 0 Å². The van der Waals surface area contributed by atoms with Gasteiger partial charge in [0.1, 0.15) is 5.82 Å². The van der Waals surface area contributed by atoms with E-state index >= 15 is 0 Å². The highest BCUT2D eigenvalue weighted by Crippen LogP contribution is 2.19. The highest BCUT2D eigenvalue weighted by molar-refractivity contribution is 7.92. The third-order valence-electron chi connectivity index (χ3n) is 1.56. The van der Waals surface area contributed by atoms with Crippen LogP contribution in [-0.4, -0.2) is 23.1 Å². The number of rotatable bonds is 3. The quantitative estimate of drug-likeness (QED) is 0.794. The summed E-state index contributed by atoms with van der Waals surface area (Å²) in [5, 5.41) is 4.81. The summed E-state index contributed by atoms with van der Waals surface area (Å²) in [4.78, 5) is -0.375. The van der Waals surface area contributed by atoms with E-state index in [1.807, 2.05) is 4.72 Å². The van der Waals surface area contributed by atoms with Gasteiger partial charge in [-0.05, 0) is 18.2 Å². The first kappa shape index (κ1) is 12.9. The molecule has 0 fully saturated rings. The fourth-order valence-corrected chi connectivity index (χ4v) is 2.06. The van der Waals surface area contributed by atoms with Crippen molar-refractivity contribution in [2.24, 2.45) is 5.14 Å². The minimum Gasteiger partial charge on any atom is -0.281 e. The van der Waals surface area contributed by atoms with Gasteiger partial charge in [-0.3, -0.25) is 4.72 Å². The standard InChI is InChI=1S/C7H9FN2O4S2/c1-15(11,12)10-7-4-5(16(9,13)14)2-3-6(7)8/h2-4,10H,1H3,(H2,9,13,14). The second kappa shape index (κ2) is 4.00. The van der Waals surface area contributed by atoms with Crippen LogP contribution < -0.4 is 9.86 Å². The molecular weight excluding hydrogens is 259 g/mol. The van der Waals surface area contributed by atoms with Crippen LogP contribution in [0.5, 0.6) is 0 Å². The molecule has 0 aliphatic rings. The van der Waals surface area contributed by atoms with Gasteiger partial charge in [-0.2, -0.15) is 0 Å². The summed E-state index contributed by atoms with van der Waals surface area (Å²) < 4.78 is 58.6. The molecule has 0 saturated carbocycles. The van der Waals surface area contributed by atoms with E-state index in [4.69, 9.17) is 5.14 Å². The van der Waals surface area contributed by atoms with Gasteiger partial charge in [0.05, 0.1) is 16.8 Å². The number of hydrogen-bond acceptors (Lipinski definition) is 4. The van der Waals surface area contributed by atoms with Gasteiger partial charge in [-0.25, -0.2) is 26.4 Å². The number of primary sulfonamides is 1. The largest absolute Gasteiger partial charge is 0.281 e. The zero-order valence-electron chi connectivity index (χ0n) is 8.14. The molecule has 0 bridgehead atoms. The molecule has 0 aliphatic heterocycles. The highest BCUT2D eigenvalue weighted by atomic mass is 32.2. The second-order valence-electron chi connectivity index (χ2n) is 3.06. The zero-order chi connectivity index (χ0) is 12.6. The average molecular weight is 268 g/mol. The summed E-state index contributed by atoms with van der Waals surface area (Å²) in [6, 6.07) is 2.57. The van der Waals surface area contributed by atoms with Crippen LogP contribution in [0.1, 0.15) is 0 Å². The van der Waals surface area contributed by atoms with E-state index in [9.17, 15) is 21.2 Å². The van der Waals surface area contributed by atoms with Gasteiger partial charge in [0.15, 0.2) is 0 Å². The number of nitrogens with one attached hydrogen (secondary N) is 1. The van der Waals surface area contributed by atoms with Crippen molar-refractivity contribution >= 4 is 25.7 Å². The Morgan fingerprint density at radius 2 is 1.81 bits per heavy atom. The molecule has 0 aromatic heterocycles. The van der Waals surface area contributed by atoms with Crippen molar-refractivity contribution in [3.63, 3.8) is 0 Å². The maximum atomic E-state index is 13.1. The molecule has 0 heterocycles. The van der Waals surface area contributed by atoms with Gasteiger partial charge in [-0.1, -0.05) is 0 Å². The Morgan fingerprint density at radius 3 is 2.25 bits per heavy atom. The molecule has 16 heavy (non-hydrogen) atoms. The second-order valence-corrected chi connectivity index (χ2v) is 6.37. The lowest BCUT2D eigenvalue weighted by molar-refractivity contribution is 0.595. The number of halogens is 1. The normalized spacial score (nSPS) is 12.4. The van der Waals surface area contributed by atoms with Crippen LogP contribution in [0.3, 0.4) is 0 Å². The summed E-state index contributed by atoms with van der Waals surface area (Å²) >= 11 is 0. The van der Waals surface area contributed by atoms with Gasteiger partial charge in [0.2, 0.25) is 20.0 Å². The number of nitrogens with two attached hydrogens (primary N) is 1. The SMILES string of the molecule is CS(=O)(=O)Nc1cc(S(N)(=O)=O)ccc1F. The fourth-order valence-electron chi connectivity index (χ4n) is 0.959. The molecule has 6 nitrogen and oxygen atoms in total. The van der Waals surface area contributed by atoms with Crippen molar-refractivity contribution < 1.29 is 21.2 Å². The molecule has 0 unspecified atom stereocenters. The van der Waals surface area contributed by atoms with Crippen molar-refractivity contribution in [3.05, 3.63) is 24.0 Å². The van der Waals surface area contributed by atoms with Crippen LogP contribution >= 0.6 is 0 Å². The van der Waals surface area contributed by atoms with Crippen LogP contribution in [0.2, 0.25) is 0 Å². The minimum atomic E-state index is -4.00. The maximum Gasteiger partial charge on any atom is 0.238 e. The van der Waals surface area contributed by atoms with Gasteiger partial charge in [0, 0.05) is 0 Å². The predicted molar refractivity (Wildman–Crippen MR) is 56.2 cm³/mol. The number of hydrogen-bond donors (Lipinski definition) is 2. The molecular formula is C7H9FN2O4S2. The third-order valence-corrected chi connectivity index (χ3v) is 3.06. The zero-order valence-corrected chi connectivity index (χ0v) is 9.77. The van der Waals surface area contributed by atoms with E-state index < -0.39 is 31.6 Å². The molecule has 90 valence electrons. The Labute approximate surface area is 92.4 Å². The fraction of sp³-hybridized carbons (Fsp3) is 0.143. The van der Waals surface area contributed by atoms with Crippen LogP contribution in [0, 0.1) is 5.82 Å². The Balaban J connectivity index is 3.31. The van der Waals surface area contributed by atoms with Gasteiger partial charge in [0.25, 0.3) is 0 Å². The summed E-state index contributed by atoms with van der Waals surface area (Å²) in [6.45, 7) is 0. The van der Waals surface area contributed by atoms with Gasteiger partial charge < -0.3 is 0 Å². The maximum absolute atomic E-state index is 13.1. The van der Waals surface area contributed by atoms with Crippen molar-refractivity contribution in [3.8, 4) is 0 Å². The lowest BCUT2D eigenvalue weighted by Crippen LogP contribution is -2.15. The Kier molecular flexibility index (Phi) is 3.22. The Hall–Kier alpha value is -1.19. The van der Waals surface area contributed by atoms with Gasteiger partial charge in [-0.15, -0.1) is 0 Å². The molecule has 0 saturated heterocycles. The van der Waals surface area contributed by atoms with Crippen LogP contribution in [-0.2, 0) is 20.0 Å². The molecule has 1 rings (SSSR count). The number of benzene rings is 1. The smallest absolute Gasteiger partial charge is 0.238 e. The van der Waals surface area contributed by atoms with Crippen molar-refractivity contribution in [1.29, 1.82) is 0 Å². The molecule has 3 N–H and O–H groups in total. The van der Waals surface area contributed by atoms with Crippen LogP contribution in [0.4, 0.5) is 10.1 Å². The molecule has 9 heteroatoms. The first-order valence-electron chi connectivity index (χ1n) is 3.90. The van der Waals surface area contributed by atoms with E-state index in [1.54, 1.807) is 0 Å². The van der Waals surface area contributed by atoms with E-state index in [0.717, 1.165) is 24.5 Å². The van der Waals surface area contributed by atoms with Crippen LogP contribution in [0.15, 0.2) is 23.1 Å². The van der Waals surface area contributed by atoms with Gasteiger partial charge >= 0.3 is 0 Å². The average Bonchev–Trinajstić information content (AvgIpc) is 2.04. The van der Waals surface area contributed by atoms with Crippen molar-refractivity contribution in [2.75, 3.05) is 11.0 Å². The lowest BCUT2D eigenvalue weighted by atomic mass is 10.3. The summed E-state index contributed by atoms with van der Waals surface area (Å²) in [7, 11) is -7.69. The lowest BCUT2D eigenvalue weighted by Gasteiger charge is -2.06. The molecule has 0 radical (unpaired) electrons. The van der Waals surface area contributed by atoms with E-state index in [1.165, 1.54) is 0 Å². The monoisotopic (exact) mass is 268 g/mol. The van der Waals surface area contributed by atoms with Crippen molar-refractivity contribution in [2.45, 2.75) is 4.90 Å². The molecule has 0 amide bonds. The Morgan fingerprint density at radius 1 is 1.25 bits per heavy atom. The first-order chi connectivity index (χ1) is 7.09. The third kappa shape index (κ3) is 3.43. The summed E-state index contributed by atoms with van der Waals surface area (Å²) in [5.41, 5.74) is -0.464. The molecule has 1 aromatic carbocycles. The Bertz CT molecular complexity index is 609. The van der Waals surface area contributed by atoms with E-state index in [0.29, 0.717) is 0 Å². The first-order valence-corrected chi connectivity index (χ1v) is 7.33.